The molecule has 1 fully saturated rings. The molecule has 2 aromatic carbocycles. The second-order valence-corrected chi connectivity index (χ2v) is 10.1. The number of aromatic nitrogens is 2. The average Bonchev–Trinajstić information content (AvgIpc) is 3.47. The molecule has 0 radical (unpaired) electrons. The maximum atomic E-state index is 12.9. The van der Waals surface area contributed by atoms with E-state index < -0.39 is 16.1 Å². The van der Waals surface area contributed by atoms with Gasteiger partial charge in [0.25, 0.3) is 15.9 Å². The predicted molar refractivity (Wildman–Crippen MR) is 122 cm³/mol. The number of fused-ring (bicyclic) bond motifs is 1. The second-order valence-electron chi connectivity index (χ2n) is 8.57. The molecule has 5 rings (SSSR count). The Balaban J connectivity index is 1.29. The molecule has 33 heavy (non-hydrogen) atoms. The number of hydrogen-bond acceptors (Lipinski definition) is 7. The molecule has 3 aromatic rings. The highest BCUT2D eigenvalue weighted by Crippen LogP contribution is 2.38. The van der Waals surface area contributed by atoms with Crippen LogP contribution in [0.4, 0.5) is 5.69 Å². The van der Waals surface area contributed by atoms with E-state index in [1.54, 1.807) is 42.5 Å². The van der Waals surface area contributed by atoms with Gasteiger partial charge >= 0.3 is 0 Å². The van der Waals surface area contributed by atoms with E-state index in [-0.39, 0.29) is 22.6 Å². The first-order valence-electron chi connectivity index (χ1n) is 10.8. The normalized spacial score (nSPS) is 17.4. The van der Waals surface area contributed by atoms with Gasteiger partial charge in [-0.1, -0.05) is 31.1 Å². The molecule has 1 aliphatic carbocycles. The third-order valence-corrected chi connectivity index (χ3v) is 7.00. The van der Waals surface area contributed by atoms with Crippen molar-refractivity contribution in [1.29, 1.82) is 0 Å². The number of amides is 1. The van der Waals surface area contributed by atoms with Gasteiger partial charge in [-0.2, -0.15) is 13.4 Å². The van der Waals surface area contributed by atoms with E-state index in [1.807, 2.05) is 13.8 Å². The van der Waals surface area contributed by atoms with E-state index in [2.05, 4.69) is 25.2 Å². The van der Waals surface area contributed by atoms with E-state index in [0.717, 1.165) is 12.8 Å². The molecule has 9 nitrogen and oxygen atoms in total. The van der Waals surface area contributed by atoms with E-state index in [1.165, 1.54) is 6.07 Å². The van der Waals surface area contributed by atoms with E-state index >= 15 is 0 Å². The number of benzene rings is 2. The van der Waals surface area contributed by atoms with Crippen molar-refractivity contribution in [2.45, 2.75) is 43.5 Å². The summed E-state index contributed by atoms with van der Waals surface area (Å²) < 4.78 is 33.7. The Morgan fingerprint density at radius 3 is 2.52 bits per heavy atom. The number of carbonyl (C=O) groups excluding carboxylic acids is 1. The molecule has 1 saturated carbocycles. The Bertz CT molecular complexity index is 1340. The zero-order valence-electron chi connectivity index (χ0n) is 18.1. The molecule has 0 spiro atoms. The number of nitrogens with zero attached hydrogens (tertiary/aromatic N) is 3. The molecule has 2 N–H and O–H groups in total. The van der Waals surface area contributed by atoms with Crippen molar-refractivity contribution >= 4 is 27.5 Å². The number of hydrogen-bond donors (Lipinski definition) is 2. The lowest BCUT2D eigenvalue weighted by atomic mass is 10.0. The van der Waals surface area contributed by atoms with Crippen LogP contribution in [0.5, 0.6) is 0 Å². The van der Waals surface area contributed by atoms with Gasteiger partial charge in [0.1, 0.15) is 10.9 Å². The van der Waals surface area contributed by atoms with Crippen molar-refractivity contribution in [3.63, 3.8) is 0 Å². The lowest BCUT2D eigenvalue weighted by Gasteiger charge is -2.18. The van der Waals surface area contributed by atoms with Crippen molar-refractivity contribution in [1.82, 2.24) is 15.5 Å². The van der Waals surface area contributed by atoms with Gasteiger partial charge in [0.05, 0.1) is 0 Å². The van der Waals surface area contributed by atoms with Crippen LogP contribution in [-0.2, 0) is 10.0 Å². The van der Waals surface area contributed by atoms with Crippen molar-refractivity contribution in [3.8, 4) is 0 Å². The Hall–Kier alpha value is -3.53. The van der Waals surface area contributed by atoms with Crippen LogP contribution in [0, 0.1) is 5.92 Å². The van der Waals surface area contributed by atoms with Gasteiger partial charge in [0.15, 0.2) is 11.7 Å². The second kappa shape index (κ2) is 8.11. The first-order valence-corrected chi connectivity index (χ1v) is 12.2. The number of anilines is 1. The SMILES string of the molecule is CC(C)C(NC(=O)c1ccc(NC2=NS(=O)(=O)c3ccccc32)cc1)c1nc(C2CC2)no1. The topological polar surface area (TPSA) is 127 Å². The van der Waals surface area contributed by atoms with Gasteiger partial charge in [-0.15, -0.1) is 4.40 Å². The lowest BCUT2D eigenvalue weighted by molar-refractivity contribution is 0.0914. The van der Waals surface area contributed by atoms with Crippen LogP contribution < -0.4 is 10.6 Å². The zero-order chi connectivity index (χ0) is 23.2. The fraction of sp³-hybridized carbons (Fsp3) is 0.304. The Morgan fingerprint density at radius 1 is 1.09 bits per heavy atom. The predicted octanol–water partition coefficient (Wildman–Crippen LogP) is 3.64. The lowest BCUT2D eigenvalue weighted by Crippen LogP contribution is -2.32. The highest BCUT2D eigenvalue weighted by atomic mass is 32.2. The summed E-state index contributed by atoms with van der Waals surface area (Å²) in [6.45, 7) is 3.96. The summed E-state index contributed by atoms with van der Waals surface area (Å²) >= 11 is 0. The number of carbonyl (C=O) groups is 1. The van der Waals surface area contributed by atoms with Crippen molar-refractivity contribution in [2.24, 2.45) is 10.3 Å². The van der Waals surface area contributed by atoms with Crippen LogP contribution in [0.3, 0.4) is 0 Å². The zero-order valence-corrected chi connectivity index (χ0v) is 19.0. The number of sulfonamides is 1. The minimum atomic E-state index is -3.70. The first-order chi connectivity index (χ1) is 15.8. The third kappa shape index (κ3) is 4.25. The molecular weight excluding hydrogens is 442 g/mol. The van der Waals surface area contributed by atoms with Crippen LogP contribution >= 0.6 is 0 Å². The smallest absolute Gasteiger partial charge is 0.285 e. The molecule has 1 amide bonds. The van der Waals surface area contributed by atoms with Gasteiger partial charge in [0.2, 0.25) is 5.89 Å². The highest BCUT2D eigenvalue weighted by Gasteiger charge is 2.32. The van der Waals surface area contributed by atoms with Crippen molar-refractivity contribution < 1.29 is 17.7 Å². The molecule has 0 saturated heterocycles. The van der Waals surface area contributed by atoms with Crippen molar-refractivity contribution in [3.05, 3.63) is 71.4 Å². The molecule has 10 heteroatoms. The maximum absolute atomic E-state index is 12.9. The summed E-state index contributed by atoms with van der Waals surface area (Å²) in [6, 6.07) is 13.0. The number of nitrogens with one attached hydrogen (secondary N) is 2. The largest absolute Gasteiger partial charge is 0.340 e. The molecule has 0 bridgehead atoms. The minimum Gasteiger partial charge on any atom is -0.340 e. The average molecular weight is 466 g/mol. The van der Waals surface area contributed by atoms with Crippen LogP contribution in [0.15, 0.2) is 62.3 Å². The van der Waals surface area contributed by atoms with Crippen LogP contribution in [0.2, 0.25) is 0 Å². The monoisotopic (exact) mass is 465 g/mol. The molecule has 1 aliphatic heterocycles. The van der Waals surface area contributed by atoms with E-state index in [4.69, 9.17) is 4.52 Å². The van der Waals surface area contributed by atoms with Gasteiger partial charge in [0, 0.05) is 22.7 Å². The highest BCUT2D eigenvalue weighted by molar-refractivity contribution is 7.90. The molecule has 1 atom stereocenters. The fourth-order valence-corrected chi connectivity index (χ4v) is 4.83. The number of amidine groups is 1. The summed E-state index contributed by atoms with van der Waals surface area (Å²) in [4.78, 5) is 17.5. The summed E-state index contributed by atoms with van der Waals surface area (Å²) in [5, 5.41) is 10.1. The number of rotatable bonds is 6. The van der Waals surface area contributed by atoms with E-state index in [9.17, 15) is 13.2 Å². The minimum absolute atomic E-state index is 0.0600. The summed E-state index contributed by atoms with van der Waals surface area (Å²) in [7, 11) is -3.70. The standard InChI is InChI=1S/C23H23N5O4S/c1-13(2)19(23-26-20(27-32-23)14-7-8-14)25-22(29)15-9-11-16(12-10-15)24-21-17-5-3-4-6-18(17)33(30,31)28-21/h3-6,9-14,19H,7-8H2,1-2H3,(H,24,28)(H,25,29). The summed E-state index contributed by atoms with van der Waals surface area (Å²) in [5.74, 6) is 1.54. The van der Waals surface area contributed by atoms with Gasteiger partial charge < -0.3 is 15.2 Å². The Morgan fingerprint density at radius 2 is 1.82 bits per heavy atom. The molecule has 2 heterocycles. The van der Waals surface area contributed by atoms with Gasteiger partial charge in [-0.3, -0.25) is 4.79 Å². The summed E-state index contributed by atoms with van der Waals surface area (Å²) in [6.07, 6.45) is 2.14. The summed E-state index contributed by atoms with van der Waals surface area (Å²) in [5.41, 5.74) is 1.59. The van der Waals surface area contributed by atoms with Crippen molar-refractivity contribution in [2.75, 3.05) is 5.32 Å². The van der Waals surface area contributed by atoms with Crippen LogP contribution in [0.25, 0.3) is 0 Å². The van der Waals surface area contributed by atoms with E-state index in [0.29, 0.717) is 34.4 Å². The molecule has 1 unspecified atom stereocenters. The fourth-order valence-electron chi connectivity index (χ4n) is 3.66. The third-order valence-electron chi connectivity index (χ3n) is 5.66. The maximum Gasteiger partial charge on any atom is 0.285 e. The van der Waals surface area contributed by atoms with Crippen LogP contribution in [-0.4, -0.2) is 30.3 Å². The molecular formula is C23H23N5O4S. The van der Waals surface area contributed by atoms with Gasteiger partial charge in [-0.25, -0.2) is 0 Å². The molecule has 170 valence electrons. The molecule has 2 aliphatic rings. The first kappa shape index (κ1) is 21.3. The van der Waals surface area contributed by atoms with Gasteiger partial charge in [-0.05, 0) is 55.2 Å². The quantitative estimate of drug-likeness (QED) is 0.569. The Labute approximate surface area is 191 Å². The molecule has 1 aromatic heterocycles. The Kier molecular flexibility index (Phi) is 5.24. The van der Waals surface area contributed by atoms with Crippen LogP contribution in [0.1, 0.15) is 66.3 Å².